The lowest BCUT2D eigenvalue weighted by Gasteiger charge is -2.12. The zero-order valence-corrected chi connectivity index (χ0v) is 13.5. The second kappa shape index (κ2) is 8.23. The molecule has 0 saturated heterocycles. The number of amides is 1. The van der Waals surface area contributed by atoms with E-state index in [2.05, 4.69) is 42.5 Å². The van der Waals surface area contributed by atoms with Gasteiger partial charge in [0.25, 0.3) is 0 Å². The Hall–Kier alpha value is -2.29. The molecule has 0 aromatic carbocycles. The van der Waals surface area contributed by atoms with Gasteiger partial charge in [-0.2, -0.15) is 0 Å². The molecule has 118 valence electrons. The second-order valence-corrected chi connectivity index (χ2v) is 5.03. The number of esters is 1. The average Bonchev–Trinajstić information content (AvgIpc) is 2.44. The lowest BCUT2D eigenvalue weighted by Crippen LogP contribution is -2.40. The lowest BCUT2D eigenvalue weighted by molar-refractivity contribution is -0.144. The molecule has 1 aromatic rings. The van der Waals surface area contributed by atoms with Gasteiger partial charge in [0.15, 0.2) is 6.61 Å². The summed E-state index contributed by atoms with van der Waals surface area (Å²) in [6.45, 7) is 5.76. The molecule has 1 amide bonds. The molecule has 0 bridgehead atoms. The van der Waals surface area contributed by atoms with Crippen molar-refractivity contribution in [1.82, 2.24) is 15.3 Å². The fourth-order valence-electron chi connectivity index (χ4n) is 1.22. The van der Waals surface area contributed by atoms with Gasteiger partial charge in [-0.1, -0.05) is 6.58 Å². The largest absolute Gasteiger partial charge is 0.456 e. The fraction of sp³-hybridized carbons (Fsp3) is 0.308. The number of ketones is 1. The van der Waals surface area contributed by atoms with Crippen LogP contribution in [0.25, 0.3) is 0 Å². The molecule has 1 atom stereocenters. The third-order valence-electron chi connectivity index (χ3n) is 2.21. The number of rotatable bonds is 6. The van der Waals surface area contributed by atoms with Crippen molar-refractivity contribution >= 4 is 33.8 Å². The van der Waals surface area contributed by atoms with E-state index in [9.17, 15) is 14.4 Å². The van der Waals surface area contributed by atoms with Crippen molar-refractivity contribution in [2.45, 2.75) is 19.9 Å². The average molecular weight is 372 g/mol. The highest BCUT2D eigenvalue weighted by Gasteiger charge is 2.20. The van der Waals surface area contributed by atoms with Crippen LogP contribution in [0.2, 0.25) is 0 Å². The molecular formula is C13H14BrN3O5. The van der Waals surface area contributed by atoms with Gasteiger partial charge in [-0.25, -0.2) is 19.6 Å². The Balaban J connectivity index is 2.44. The maximum Gasteiger partial charge on any atom is 0.412 e. The van der Waals surface area contributed by atoms with Crippen LogP contribution >= 0.6 is 15.9 Å². The molecule has 0 fully saturated rings. The molecule has 0 aliphatic rings. The first-order valence-electron chi connectivity index (χ1n) is 6.11. The number of hydrogen-bond donors (Lipinski definition) is 1. The van der Waals surface area contributed by atoms with Crippen LogP contribution < -0.4 is 5.32 Å². The Bertz CT molecular complexity index is 588. The molecule has 0 aliphatic heterocycles. The van der Waals surface area contributed by atoms with Crippen LogP contribution in [0.15, 0.2) is 29.3 Å². The van der Waals surface area contributed by atoms with Crippen LogP contribution in [0.5, 0.6) is 0 Å². The number of nitrogens with one attached hydrogen (secondary N) is 1. The molecule has 0 aliphatic carbocycles. The summed E-state index contributed by atoms with van der Waals surface area (Å²) in [5, 5.41) is 2.24. The smallest absolute Gasteiger partial charge is 0.412 e. The first-order valence-corrected chi connectivity index (χ1v) is 6.90. The first kappa shape index (κ1) is 17.8. The number of carbonyl (C=O) groups is 3. The molecule has 0 saturated carbocycles. The van der Waals surface area contributed by atoms with Crippen molar-refractivity contribution in [3.05, 3.63) is 35.0 Å². The van der Waals surface area contributed by atoms with Crippen LogP contribution in [0, 0.1) is 0 Å². The van der Waals surface area contributed by atoms with E-state index in [1.54, 1.807) is 0 Å². The van der Waals surface area contributed by atoms with E-state index in [4.69, 9.17) is 4.74 Å². The highest BCUT2D eigenvalue weighted by Crippen LogP contribution is 2.03. The van der Waals surface area contributed by atoms with Crippen LogP contribution in [-0.2, 0) is 14.3 Å². The van der Waals surface area contributed by atoms with E-state index in [1.807, 2.05) is 0 Å². The minimum Gasteiger partial charge on any atom is -0.456 e. The van der Waals surface area contributed by atoms with Crippen LogP contribution in [-0.4, -0.2) is 40.5 Å². The zero-order valence-electron chi connectivity index (χ0n) is 12.0. The standard InChI is InChI=1S/C13H14BrN3O5/c1-7(2)22-13(20)17-8(3)12(19)21-6-10(18)9-4-16-11(14)5-15-9/h4-5,8H,1,6H2,2-3H3,(H,17,20)/t8-/m0/s1. The van der Waals surface area contributed by atoms with Crippen molar-refractivity contribution in [2.24, 2.45) is 0 Å². The monoisotopic (exact) mass is 371 g/mol. The molecular weight excluding hydrogens is 358 g/mol. The van der Waals surface area contributed by atoms with E-state index in [0.717, 1.165) is 0 Å². The predicted molar refractivity (Wildman–Crippen MR) is 78.9 cm³/mol. The topological polar surface area (TPSA) is 107 Å². The van der Waals surface area contributed by atoms with E-state index in [0.29, 0.717) is 4.60 Å². The third kappa shape index (κ3) is 6.00. The SMILES string of the molecule is C=C(C)OC(=O)N[C@@H](C)C(=O)OCC(=O)c1cnc(Br)cn1. The first-order chi connectivity index (χ1) is 10.3. The molecule has 9 heteroatoms. The molecule has 1 aromatic heterocycles. The van der Waals surface area contributed by atoms with Gasteiger partial charge in [-0.05, 0) is 29.8 Å². The summed E-state index contributed by atoms with van der Waals surface area (Å²) >= 11 is 3.09. The number of alkyl carbamates (subject to hydrolysis) is 1. The summed E-state index contributed by atoms with van der Waals surface area (Å²) < 4.78 is 9.91. The maximum absolute atomic E-state index is 11.7. The Kier molecular flexibility index (Phi) is 6.64. The number of aromatic nitrogens is 2. The van der Waals surface area contributed by atoms with E-state index < -0.39 is 30.5 Å². The van der Waals surface area contributed by atoms with Crippen molar-refractivity contribution < 1.29 is 23.9 Å². The molecule has 22 heavy (non-hydrogen) atoms. The van der Waals surface area contributed by atoms with Gasteiger partial charge in [0.1, 0.15) is 16.3 Å². The number of nitrogens with zero attached hydrogens (tertiary/aromatic N) is 2. The van der Waals surface area contributed by atoms with Gasteiger partial charge in [0.05, 0.1) is 18.2 Å². The van der Waals surface area contributed by atoms with Gasteiger partial charge in [-0.15, -0.1) is 0 Å². The summed E-state index contributed by atoms with van der Waals surface area (Å²) in [7, 11) is 0. The molecule has 1 rings (SSSR count). The Labute approximate surface area is 135 Å². The number of allylic oxidation sites excluding steroid dienone is 1. The van der Waals surface area contributed by atoms with Crippen LogP contribution in [0.3, 0.4) is 0 Å². The van der Waals surface area contributed by atoms with E-state index in [1.165, 1.54) is 26.2 Å². The van der Waals surface area contributed by atoms with Crippen molar-refractivity contribution in [3.8, 4) is 0 Å². The molecule has 0 spiro atoms. The number of carbonyl (C=O) groups excluding carboxylic acids is 3. The summed E-state index contributed by atoms with van der Waals surface area (Å²) in [6.07, 6.45) is 1.78. The van der Waals surface area contributed by atoms with Crippen molar-refractivity contribution in [3.63, 3.8) is 0 Å². The zero-order chi connectivity index (χ0) is 16.7. The quantitative estimate of drug-likeness (QED) is 0.459. The summed E-state index contributed by atoms with van der Waals surface area (Å²) in [5.74, 6) is -1.11. The Morgan fingerprint density at radius 2 is 2.05 bits per heavy atom. The Morgan fingerprint density at radius 1 is 1.36 bits per heavy atom. The normalized spacial score (nSPS) is 11.2. The minimum absolute atomic E-state index is 0.0679. The highest BCUT2D eigenvalue weighted by atomic mass is 79.9. The molecule has 0 unspecified atom stereocenters. The van der Waals surface area contributed by atoms with E-state index in [-0.39, 0.29) is 11.5 Å². The van der Waals surface area contributed by atoms with Gasteiger partial charge in [0, 0.05) is 0 Å². The highest BCUT2D eigenvalue weighted by molar-refractivity contribution is 9.10. The number of hydrogen-bond acceptors (Lipinski definition) is 7. The van der Waals surface area contributed by atoms with Crippen LogP contribution in [0.4, 0.5) is 4.79 Å². The fourth-order valence-corrected chi connectivity index (χ4v) is 1.42. The number of ether oxygens (including phenoxy) is 2. The molecule has 0 radical (unpaired) electrons. The van der Waals surface area contributed by atoms with Crippen molar-refractivity contribution in [2.75, 3.05) is 6.61 Å². The van der Waals surface area contributed by atoms with Crippen molar-refractivity contribution in [1.29, 1.82) is 0 Å². The number of Topliss-reactive ketones (excluding diaryl/α,β-unsaturated/α-hetero) is 1. The summed E-state index contributed by atoms with van der Waals surface area (Å²) in [5.41, 5.74) is 0.0679. The van der Waals surface area contributed by atoms with Gasteiger partial charge >= 0.3 is 12.1 Å². The molecule has 8 nitrogen and oxygen atoms in total. The number of halogens is 1. The molecule has 1 N–H and O–H groups in total. The van der Waals surface area contributed by atoms with Gasteiger partial charge < -0.3 is 14.8 Å². The minimum atomic E-state index is -0.976. The summed E-state index contributed by atoms with van der Waals surface area (Å²) in [6, 6.07) is -0.976. The van der Waals surface area contributed by atoms with Gasteiger partial charge in [-0.3, -0.25) is 4.79 Å². The molecule has 1 heterocycles. The third-order valence-corrected chi connectivity index (χ3v) is 2.62. The van der Waals surface area contributed by atoms with E-state index >= 15 is 0 Å². The second-order valence-electron chi connectivity index (χ2n) is 4.21. The predicted octanol–water partition coefficient (Wildman–Crippen LogP) is 1.61. The van der Waals surface area contributed by atoms with Crippen LogP contribution in [0.1, 0.15) is 24.3 Å². The maximum atomic E-state index is 11.7. The summed E-state index contributed by atoms with van der Waals surface area (Å²) in [4.78, 5) is 42.3. The Morgan fingerprint density at radius 3 is 2.59 bits per heavy atom. The van der Waals surface area contributed by atoms with Gasteiger partial charge in [0.2, 0.25) is 5.78 Å². The lowest BCUT2D eigenvalue weighted by atomic mass is 10.3.